The van der Waals surface area contributed by atoms with Crippen molar-refractivity contribution in [2.45, 2.75) is 13.8 Å². The third kappa shape index (κ3) is 4.62. The topological polar surface area (TPSA) is 103 Å². The highest BCUT2D eigenvalue weighted by atomic mass is 79.9. The van der Waals surface area contributed by atoms with Crippen LogP contribution in [0.4, 0.5) is 0 Å². The summed E-state index contributed by atoms with van der Waals surface area (Å²) in [7, 11) is 0. The second-order valence-electron chi connectivity index (χ2n) is 5.71. The summed E-state index contributed by atoms with van der Waals surface area (Å²) in [6, 6.07) is 11.8. The summed E-state index contributed by atoms with van der Waals surface area (Å²) < 4.78 is 16.7. The van der Waals surface area contributed by atoms with E-state index in [4.69, 9.17) is 14.2 Å². The van der Waals surface area contributed by atoms with Crippen molar-refractivity contribution in [1.82, 2.24) is 15.4 Å². The summed E-state index contributed by atoms with van der Waals surface area (Å²) in [4.78, 5) is 24.6. The van der Waals surface area contributed by atoms with E-state index in [1.807, 2.05) is 13.0 Å². The molecule has 9 heteroatoms. The molecule has 0 amide bonds. The molecule has 0 spiro atoms. The minimum atomic E-state index is -0.597. The predicted octanol–water partition coefficient (Wildman–Crippen LogP) is 4.03. The van der Waals surface area contributed by atoms with Gasteiger partial charge in [0.05, 0.1) is 18.8 Å². The molecular weight excluding hydrogens is 442 g/mol. The highest BCUT2D eigenvalue weighted by Crippen LogP contribution is 2.39. The number of carbonyl (C=O) groups excluding carboxylic acids is 2. The van der Waals surface area contributed by atoms with E-state index in [0.717, 1.165) is 0 Å². The second-order valence-corrected chi connectivity index (χ2v) is 6.56. The van der Waals surface area contributed by atoms with Crippen LogP contribution in [0.2, 0.25) is 0 Å². The number of H-pyrrole nitrogens is 1. The molecule has 0 unspecified atom stereocenters. The number of benzene rings is 2. The van der Waals surface area contributed by atoms with Crippen LogP contribution in [-0.2, 0) is 4.74 Å². The van der Waals surface area contributed by atoms with E-state index in [-0.39, 0.29) is 23.7 Å². The molecule has 1 heterocycles. The molecule has 29 heavy (non-hydrogen) atoms. The number of halogens is 1. The van der Waals surface area contributed by atoms with E-state index in [2.05, 4.69) is 31.3 Å². The van der Waals surface area contributed by atoms with Crippen LogP contribution in [0.25, 0.3) is 11.3 Å². The Morgan fingerprint density at radius 1 is 1.00 bits per heavy atom. The Bertz CT molecular complexity index is 1020. The van der Waals surface area contributed by atoms with Crippen LogP contribution in [0.15, 0.2) is 46.9 Å². The van der Waals surface area contributed by atoms with Crippen molar-refractivity contribution in [2.75, 3.05) is 13.2 Å². The molecule has 0 aliphatic heterocycles. The maximum atomic E-state index is 12.4. The van der Waals surface area contributed by atoms with Crippen LogP contribution in [0.3, 0.4) is 0 Å². The standard InChI is InChI=1S/C20H18BrN3O5/c1-3-27-15-10-13(17-18(23-24-22-17)20(26)28-4-2)14(21)11-16(15)29-19(25)12-8-6-5-7-9-12/h5-11H,3-4H2,1-2H3,(H,22,23,24). The largest absolute Gasteiger partial charge is 0.490 e. The number of carbonyl (C=O) groups is 2. The van der Waals surface area contributed by atoms with Gasteiger partial charge in [-0.1, -0.05) is 18.2 Å². The zero-order valence-corrected chi connectivity index (χ0v) is 17.4. The third-order valence-corrected chi connectivity index (χ3v) is 4.47. The Kier molecular flexibility index (Phi) is 6.61. The molecule has 0 bridgehead atoms. The Hall–Kier alpha value is -3.20. The zero-order valence-electron chi connectivity index (χ0n) is 15.8. The number of hydrogen-bond acceptors (Lipinski definition) is 7. The van der Waals surface area contributed by atoms with Crippen LogP contribution >= 0.6 is 15.9 Å². The lowest BCUT2D eigenvalue weighted by Crippen LogP contribution is -2.10. The Labute approximate surface area is 175 Å². The number of esters is 2. The lowest BCUT2D eigenvalue weighted by Gasteiger charge is -2.13. The van der Waals surface area contributed by atoms with Gasteiger partial charge in [-0.3, -0.25) is 0 Å². The molecule has 1 aromatic heterocycles. The van der Waals surface area contributed by atoms with Crippen molar-refractivity contribution in [2.24, 2.45) is 0 Å². The molecule has 0 radical (unpaired) electrons. The molecule has 0 aliphatic carbocycles. The van der Waals surface area contributed by atoms with Crippen molar-refractivity contribution in [1.29, 1.82) is 0 Å². The van der Waals surface area contributed by atoms with Crippen molar-refractivity contribution < 1.29 is 23.8 Å². The molecule has 2 aromatic carbocycles. The summed E-state index contributed by atoms with van der Waals surface area (Å²) in [6.45, 7) is 4.08. The number of aromatic nitrogens is 3. The van der Waals surface area contributed by atoms with Crippen molar-refractivity contribution in [3.05, 3.63) is 58.2 Å². The molecular formula is C20H18BrN3O5. The van der Waals surface area contributed by atoms with Gasteiger partial charge in [0.1, 0.15) is 5.69 Å². The highest BCUT2D eigenvalue weighted by Gasteiger charge is 2.23. The first kappa shape index (κ1) is 20.5. The quantitative estimate of drug-likeness (QED) is 0.420. The highest BCUT2D eigenvalue weighted by molar-refractivity contribution is 9.10. The molecule has 0 fully saturated rings. The van der Waals surface area contributed by atoms with Gasteiger partial charge in [-0.05, 0) is 54.0 Å². The minimum Gasteiger partial charge on any atom is -0.490 e. The molecule has 8 nitrogen and oxygen atoms in total. The van der Waals surface area contributed by atoms with Crippen molar-refractivity contribution in [3.63, 3.8) is 0 Å². The lowest BCUT2D eigenvalue weighted by molar-refractivity contribution is 0.0520. The average Bonchev–Trinajstić information content (AvgIpc) is 3.20. The van der Waals surface area contributed by atoms with Gasteiger partial charge >= 0.3 is 11.9 Å². The SMILES string of the molecule is CCOC(=O)c1n[nH]nc1-c1cc(OCC)c(OC(=O)c2ccccc2)cc1Br. The average molecular weight is 460 g/mol. The number of nitrogens with zero attached hydrogens (tertiary/aromatic N) is 2. The Balaban J connectivity index is 1.98. The Morgan fingerprint density at radius 3 is 2.45 bits per heavy atom. The van der Waals surface area contributed by atoms with Crippen LogP contribution in [0.5, 0.6) is 11.5 Å². The fourth-order valence-electron chi connectivity index (χ4n) is 2.56. The van der Waals surface area contributed by atoms with Crippen LogP contribution < -0.4 is 9.47 Å². The maximum absolute atomic E-state index is 12.4. The summed E-state index contributed by atoms with van der Waals surface area (Å²) in [6.07, 6.45) is 0. The van der Waals surface area contributed by atoms with Gasteiger partial charge in [-0.25, -0.2) is 9.59 Å². The monoisotopic (exact) mass is 459 g/mol. The Morgan fingerprint density at radius 2 is 1.76 bits per heavy atom. The van der Waals surface area contributed by atoms with Gasteiger partial charge < -0.3 is 14.2 Å². The van der Waals surface area contributed by atoms with E-state index in [1.54, 1.807) is 43.3 Å². The molecule has 0 saturated heterocycles. The lowest BCUT2D eigenvalue weighted by atomic mass is 10.1. The molecule has 0 saturated carbocycles. The van der Waals surface area contributed by atoms with Crippen LogP contribution in [0, 0.1) is 0 Å². The minimum absolute atomic E-state index is 0.0454. The first-order valence-corrected chi connectivity index (χ1v) is 9.66. The molecule has 1 N–H and O–H groups in total. The summed E-state index contributed by atoms with van der Waals surface area (Å²) >= 11 is 3.44. The van der Waals surface area contributed by atoms with Crippen molar-refractivity contribution >= 4 is 27.9 Å². The molecule has 0 aliphatic rings. The van der Waals surface area contributed by atoms with E-state index in [0.29, 0.717) is 28.0 Å². The van der Waals surface area contributed by atoms with Gasteiger partial charge in [-0.2, -0.15) is 10.3 Å². The van der Waals surface area contributed by atoms with Gasteiger partial charge in [0.2, 0.25) is 0 Å². The summed E-state index contributed by atoms with van der Waals surface area (Å²) in [5, 5.41) is 10.4. The van der Waals surface area contributed by atoms with Crippen LogP contribution in [-0.4, -0.2) is 40.6 Å². The van der Waals surface area contributed by atoms with E-state index < -0.39 is 11.9 Å². The third-order valence-electron chi connectivity index (χ3n) is 3.82. The second kappa shape index (κ2) is 9.33. The molecule has 150 valence electrons. The predicted molar refractivity (Wildman–Crippen MR) is 108 cm³/mol. The number of nitrogens with one attached hydrogen (secondary N) is 1. The van der Waals surface area contributed by atoms with Gasteiger partial charge in [0.15, 0.2) is 17.2 Å². The first-order valence-electron chi connectivity index (χ1n) is 8.87. The number of ether oxygens (including phenoxy) is 3. The van der Waals surface area contributed by atoms with Gasteiger partial charge in [0, 0.05) is 10.0 Å². The maximum Gasteiger partial charge on any atom is 0.361 e. The zero-order chi connectivity index (χ0) is 20.8. The number of hydrogen-bond donors (Lipinski definition) is 1. The fraction of sp³-hybridized carbons (Fsp3) is 0.200. The normalized spacial score (nSPS) is 10.4. The smallest absolute Gasteiger partial charge is 0.361 e. The first-order chi connectivity index (χ1) is 14.0. The van der Waals surface area contributed by atoms with Gasteiger partial charge in [-0.15, -0.1) is 5.10 Å². The van der Waals surface area contributed by atoms with E-state index in [9.17, 15) is 9.59 Å². The summed E-state index contributed by atoms with van der Waals surface area (Å²) in [5.74, 6) is -0.550. The van der Waals surface area contributed by atoms with Gasteiger partial charge in [0.25, 0.3) is 0 Å². The van der Waals surface area contributed by atoms with Crippen LogP contribution in [0.1, 0.15) is 34.7 Å². The fourth-order valence-corrected chi connectivity index (χ4v) is 3.07. The van der Waals surface area contributed by atoms with Crippen molar-refractivity contribution in [3.8, 4) is 22.8 Å². The molecule has 0 atom stereocenters. The molecule has 3 rings (SSSR count). The number of aromatic amines is 1. The number of rotatable bonds is 7. The van der Waals surface area contributed by atoms with E-state index in [1.165, 1.54) is 0 Å². The van der Waals surface area contributed by atoms with E-state index >= 15 is 0 Å². The molecule has 3 aromatic rings. The summed E-state index contributed by atoms with van der Waals surface area (Å²) in [5.41, 5.74) is 1.28.